The van der Waals surface area contributed by atoms with Crippen LogP contribution >= 0.6 is 46.5 Å². The molecule has 0 aliphatic rings. The van der Waals surface area contributed by atoms with Gasteiger partial charge in [-0.3, -0.25) is 14.4 Å². The van der Waals surface area contributed by atoms with Crippen molar-refractivity contribution in [3.63, 3.8) is 0 Å². The van der Waals surface area contributed by atoms with Crippen LogP contribution in [0.3, 0.4) is 0 Å². The molecule has 0 aromatic heterocycles. The van der Waals surface area contributed by atoms with Crippen LogP contribution in [-0.4, -0.2) is 17.9 Å². The van der Waals surface area contributed by atoms with Crippen LogP contribution in [-0.2, 0) is 28.0 Å². The third kappa shape index (κ3) is 7.18. The summed E-state index contributed by atoms with van der Waals surface area (Å²) in [6, 6.07) is 39.4. The Morgan fingerprint density at radius 3 is 0.957 bits per heavy atom. The molecule has 0 spiro atoms. The van der Waals surface area contributed by atoms with Gasteiger partial charge in [0.15, 0.2) is 0 Å². The molecule has 46 heavy (non-hydrogen) atoms. The van der Waals surface area contributed by atoms with E-state index in [0.717, 1.165) is 32.3 Å². The minimum atomic E-state index is -2.85. The predicted molar refractivity (Wildman–Crippen MR) is 192 cm³/mol. The van der Waals surface area contributed by atoms with Crippen LogP contribution in [0.15, 0.2) is 127 Å². The van der Waals surface area contributed by atoms with E-state index in [1.54, 1.807) is 18.2 Å². The van der Waals surface area contributed by atoms with Gasteiger partial charge < -0.3 is 13.6 Å². The second-order valence-corrected chi connectivity index (χ2v) is 13.0. The lowest BCUT2D eigenvalue weighted by atomic mass is 10.1. The van der Waals surface area contributed by atoms with E-state index in [1.807, 2.05) is 109 Å². The van der Waals surface area contributed by atoms with Gasteiger partial charge in [-0.1, -0.05) is 109 Å². The lowest BCUT2D eigenvalue weighted by Crippen LogP contribution is -2.17. The first-order valence-corrected chi connectivity index (χ1v) is 16.9. The van der Waals surface area contributed by atoms with Crippen LogP contribution in [0, 0.1) is 0 Å². The molecule has 0 bridgehead atoms. The van der Waals surface area contributed by atoms with E-state index in [1.165, 1.54) is 0 Å². The lowest BCUT2D eigenvalue weighted by Gasteiger charge is -2.20. The van der Waals surface area contributed by atoms with Crippen LogP contribution in [0.25, 0.3) is 32.3 Å². The monoisotopic (exact) mass is 682 g/mol. The topological polar surface area (TPSA) is 78.9 Å². The Hall–Kier alpha value is -4.01. The minimum Gasteiger partial charge on any atom is -0.374 e. The molecule has 3 atom stereocenters. The molecule has 6 aromatic rings. The Kier molecular flexibility index (Phi) is 9.85. The van der Waals surface area contributed by atoms with Crippen LogP contribution in [0.2, 0.25) is 0 Å². The number of thiol groups is 3. The zero-order chi connectivity index (χ0) is 32.2. The van der Waals surface area contributed by atoms with Gasteiger partial charge in [0.05, 0.1) is 0 Å². The Morgan fingerprint density at radius 2 is 0.674 bits per heavy atom. The van der Waals surface area contributed by atoms with Crippen molar-refractivity contribution in [1.82, 2.24) is 0 Å². The van der Waals surface area contributed by atoms with E-state index in [0.29, 0.717) is 16.7 Å². The first-order chi connectivity index (χ1) is 22.3. The largest absolute Gasteiger partial charge is 0.537 e. The molecule has 0 heterocycles. The van der Waals surface area contributed by atoms with Gasteiger partial charge in [-0.25, -0.2) is 0 Å². The molecule has 0 amide bonds. The summed E-state index contributed by atoms with van der Waals surface area (Å²) in [5.41, 5.74) is 1.68. The van der Waals surface area contributed by atoms with Crippen molar-refractivity contribution < 1.29 is 28.0 Å². The summed E-state index contributed by atoms with van der Waals surface area (Å²) < 4.78 is 16.6. The van der Waals surface area contributed by atoms with Gasteiger partial charge in [-0.2, -0.15) is 37.9 Å². The number of fused-ring (bicyclic) bond motifs is 3. The first kappa shape index (κ1) is 32.0. The fourth-order valence-electron chi connectivity index (χ4n) is 4.97. The Labute approximate surface area is 283 Å². The highest BCUT2D eigenvalue weighted by Gasteiger charge is 2.35. The van der Waals surface area contributed by atoms with Gasteiger partial charge >= 0.3 is 26.5 Å². The molecule has 6 rings (SSSR count). The van der Waals surface area contributed by atoms with Crippen molar-refractivity contribution in [2.45, 2.75) is 15.7 Å². The van der Waals surface area contributed by atoms with Crippen molar-refractivity contribution in [2.75, 3.05) is 0 Å². The number of rotatable bonds is 9. The van der Waals surface area contributed by atoms with E-state index >= 15 is 0 Å². The van der Waals surface area contributed by atoms with Crippen LogP contribution in [0.5, 0.6) is 0 Å². The third-order valence-corrected chi connectivity index (χ3v) is 9.95. The Morgan fingerprint density at radius 1 is 0.413 bits per heavy atom. The maximum atomic E-state index is 13.3. The van der Waals surface area contributed by atoms with Crippen molar-refractivity contribution in [3.05, 3.63) is 144 Å². The predicted octanol–water partition coefficient (Wildman–Crippen LogP) is 9.32. The molecule has 6 aromatic carbocycles. The minimum absolute atomic E-state index is 0.561. The van der Waals surface area contributed by atoms with Crippen molar-refractivity contribution in [3.8, 4) is 0 Å². The third-order valence-electron chi connectivity index (χ3n) is 7.43. The molecule has 10 heteroatoms. The molecule has 0 aliphatic carbocycles. The quantitative estimate of drug-likeness (QED) is 0.104. The molecule has 6 nitrogen and oxygen atoms in total. The van der Waals surface area contributed by atoms with E-state index in [2.05, 4.69) is 37.9 Å². The van der Waals surface area contributed by atoms with Crippen molar-refractivity contribution in [2.24, 2.45) is 0 Å². The van der Waals surface area contributed by atoms with Crippen LogP contribution in [0.4, 0.5) is 0 Å². The molecule has 3 unspecified atom stereocenters. The fourth-order valence-corrected chi connectivity index (χ4v) is 6.73. The lowest BCUT2D eigenvalue weighted by molar-refractivity contribution is -0.141. The van der Waals surface area contributed by atoms with Crippen molar-refractivity contribution >= 4 is 96.7 Å². The maximum absolute atomic E-state index is 13.3. The Balaban J connectivity index is 1.22. The first-order valence-electron chi connectivity index (χ1n) is 14.2. The maximum Gasteiger partial charge on any atom is 0.537 e. The summed E-state index contributed by atoms with van der Waals surface area (Å²) in [6.45, 7) is 0. The average molecular weight is 683 g/mol. The van der Waals surface area contributed by atoms with E-state index in [9.17, 15) is 14.4 Å². The van der Waals surface area contributed by atoms with Gasteiger partial charge in [0, 0.05) is 0 Å². The number of carbonyl (C=O) groups excluding carboxylic acids is 3. The molecule has 0 saturated carbocycles. The molecule has 0 saturated heterocycles. The van der Waals surface area contributed by atoms with Crippen LogP contribution < -0.4 is 0 Å². The molecule has 0 N–H and O–H groups in total. The molecule has 230 valence electrons. The average Bonchev–Trinajstić information content (AvgIpc) is 3.09. The van der Waals surface area contributed by atoms with Gasteiger partial charge in [-0.15, -0.1) is 0 Å². The van der Waals surface area contributed by atoms with Gasteiger partial charge in [0.2, 0.25) is 0 Å². The molecular weight excluding hydrogens is 656 g/mol. The summed E-state index contributed by atoms with van der Waals surface area (Å²) in [4.78, 5) is 40.0. The summed E-state index contributed by atoms with van der Waals surface area (Å²) in [5.74, 6) is -2.56. The van der Waals surface area contributed by atoms with Crippen LogP contribution in [0.1, 0.15) is 32.4 Å². The second-order valence-electron chi connectivity index (χ2n) is 10.5. The normalized spacial score (nSPS) is 13.9. The van der Waals surface area contributed by atoms with E-state index in [4.69, 9.17) is 13.6 Å². The summed E-state index contributed by atoms with van der Waals surface area (Å²) in [6.07, 6.45) is 0. The second kappa shape index (κ2) is 14.2. The van der Waals surface area contributed by atoms with Gasteiger partial charge in [-0.05, 0) is 67.2 Å². The SMILES string of the molecule is O=C(OP(OC(=O)C(S)c1ccc2ccccc2c1)OC(=O)C(S)c1ccc2ccccc2c1)C(S)c1ccc2ccccc2c1. The Bertz CT molecular complexity index is 1850. The summed E-state index contributed by atoms with van der Waals surface area (Å²) >= 11 is 13.5. The highest BCUT2D eigenvalue weighted by atomic mass is 32.1. The van der Waals surface area contributed by atoms with Gasteiger partial charge in [0.25, 0.3) is 0 Å². The standard InChI is InChI=1S/C36H27O6PS3/c37-34(31(44)28-16-13-22-7-1-4-10-25(22)19-28)40-43(41-35(38)32(45)29-17-14-23-8-2-5-11-26(23)20-29)42-36(39)33(46)30-18-15-24-9-3-6-12-27(24)21-30/h1-21,31-33,44-46H. The van der Waals surface area contributed by atoms with E-state index in [-0.39, 0.29) is 0 Å². The smallest absolute Gasteiger partial charge is 0.374 e. The molecular formula is C36H27O6PS3. The number of hydrogen-bond acceptors (Lipinski definition) is 9. The summed E-state index contributed by atoms with van der Waals surface area (Å²) in [7, 11) is -2.85. The van der Waals surface area contributed by atoms with Gasteiger partial charge in [0.1, 0.15) is 15.7 Å². The number of benzene rings is 6. The summed E-state index contributed by atoms with van der Waals surface area (Å²) in [5, 5.41) is 2.56. The zero-order valence-corrected chi connectivity index (χ0v) is 27.7. The molecule has 0 aliphatic heterocycles. The number of carbonyl (C=O) groups is 3. The molecule has 0 radical (unpaired) electrons. The van der Waals surface area contributed by atoms with E-state index < -0.39 is 42.3 Å². The zero-order valence-electron chi connectivity index (χ0n) is 24.1. The highest BCUT2D eigenvalue weighted by Crippen LogP contribution is 2.46. The fraction of sp³-hybridized carbons (Fsp3) is 0.0833. The van der Waals surface area contributed by atoms with Crippen molar-refractivity contribution in [1.29, 1.82) is 0 Å². The number of hydrogen-bond donors (Lipinski definition) is 3. The highest BCUT2D eigenvalue weighted by molar-refractivity contribution is 7.81. The molecule has 0 fully saturated rings.